The van der Waals surface area contributed by atoms with Gasteiger partial charge in [-0.05, 0) is 30.4 Å². The summed E-state index contributed by atoms with van der Waals surface area (Å²) in [6.45, 7) is 0.0438. The van der Waals surface area contributed by atoms with Crippen LogP contribution in [0.15, 0.2) is 42.6 Å². The van der Waals surface area contributed by atoms with Gasteiger partial charge in [0.05, 0.1) is 12.3 Å². The number of benzene rings is 1. The van der Waals surface area contributed by atoms with Gasteiger partial charge < -0.3 is 5.11 Å². The molecule has 1 aliphatic rings. The quantitative estimate of drug-likeness (QED) is 0.900. The highest BCUT2D eigenvalue weighted by molar-refractivity contribution is 5.67. The summed E-state index contributed by atoms with van der Waals surface area (Å²) in [6.07, 6.45) is 8.38. The summed E-state index contributed by atoms with van der Waals surface area (Å²) in [7, 11) is 0. The first-order valence-corrected chi connectivity index (χ1v) is 7.54. The summed E-state index contributed by atoms with van der Waals surface area (Å²) in [5.74, 6) is 0.647. The van der Waals surface area contributed by atoms with Crippen molar-refractivity contribution in [2.24, 2.45) is 0 Å². The Bertz CT molecular complexity index is 573. The first-order valence-electron chi connectivity index (χ1n) is 7.54. The highest BCUT2D eigenvalue weighted by atomic mass is 16.3. The van der Waals surface area contributed by atoms with Gasteiger partial charge in [-0.25, -0.2) is 0 Å². The van der Waals surface area contributed by atoms with Gasteiger partial charge >= 0.3 is 0 Å². The third-order valence-electron chi connectivity index (χ3n) is 4.32. The molecular weight excluding hydrogens is 246 g/mol. The van der Waals surface area contributed by atoms with Crippen molar-refractivity contribution < 1.29 is 5.11 Å². The van der Waals surface area contributed by atoms with Crippen LogP contribution >= 0.6 is 0 Å². The number of nitrogens with zero attached hydrogens (tertiary/aromatic N) is 1. The van der Waals surface area contributed by atoms with Crippen molar-refractivity contribution >= 4 is 0 Å². The van der Waals surface area contributed by atoms with Crippen LogP contribution in [0, 0.1) is 0 Å². The van der Waals surface area contributed by atoms with Crippen molar-refractivity contribution in [3.05, 3.63) is 53.7 Å². The Morgan fingerprint density at radius 2 is 1.80 bits per heavy atom. The van der Waals surface area contributed by atoms with E-state index in [2.05, 4.69) is 29.2 Å². The van der Waals surface area contributed by atoms with Gasteiger partial charge in [-0.15, -0.1) is 0 Å². The SMILES string of the molecule is OCc1cccnc1-c1ccccc1C1CCCCC1. The van der Waals surface area contributed by atoms with Crippen LogP contribution in [0.1, 0.15) is 49.1 Å². The van der Waals surface area contributed by atoms with Crippen molar-refractivity contribution in [2.75, 3.05) is 0 Å². The molecule has 1 aromatic carbocycles. The Kier molecular flexibility index (Phi) is 4.12. The second-order valence-corrected chi connectivity index (χ2v) is 5.59. The molecule has 2 nitrogen and oxygen atoms in total. The van der Waals surface area contributed by atoms with Gasteiger partial charge in [0.25, 0.3) is 0 Å². The van der Waals surface area contributed by atoms with Crippen LogP contribution in [0.3, 0.4) is 0 Å². The molecule has 0 spiro atoms. The van der Waals surface area contributed by atoms with Gasteiger partial charge in [-0.1, -0.05) is 49.6 Å². The summed E-state index contributed by atoms with van der Waals surface area (Å²) in [5.41, 5.74) is 4.46. The Labute approximate surface area is 120 Å². The molecule has 20 heavy (non-hydrogen) atoms. The van der Waals surface area contributed by atoms with Crippen molar-refractivity contribution in [1.29, 1.82) is 0 Å². The standard InChI is InChI=1S/C18H21NO/c20-13-15-9-6-12-19-18(15)17-11-5-4-10-16(17)14-7-2-1-3-8-14/h4-6,9-12,14,20H,1-3,7-8,13H2. The van der Waals surface area contributed by atoms with Crippen LogP contribution in [0.4, 0.5) is 0 Å². The lowest BCUT2D eigenvalue weighted by molar-refractivity contribution is 0.282. The van der Waals surface area contributed by atoms with Crippen LogP contribution in [-0.4, -0.2) is 10.1 Å². The molecular formula is C18H21NO. The second-order valence-electron chi connectivity index (χ2n) is 5.59. The topological polar surface area (TPSA) is 33.1 Å². The Morgan fingerprint density at radius 1 is 1.00 bits per heavy atom. The monoisotopic (exact) mass is 267 g/mol. The molecule has 1 saturated carbocycles. The molecule has 104 valence electrons. The molecule has 0 aliphatic heterocycles. The molecule has 1 N–H and O–H groups in total. The first-order chi connectivity index (χ1) is 9.90. The molecule has 2 heteroatoms. The maximum atomic E-state index is 9.54. The van der Waals surface area contributed by atoms with Crippen molar-refractivity contribution in [3.63, 3.8) is 0 Å². The van der Waals surface area contributed by atoms with E-state index >= 15 is 0 Å². The molecule has 0 bridgehead atoms. The fourth-order valence-electron chi connectivity index (χ4n) is 3.29. The number of rotatable bonds is 3. The minimum atomic E-state index is 0.0438. The predicted octanol–water partition coefficient (Wildman–Crippen LogP) is 4.29. The molecule has 1 heterocycles. The van der Waals surface area contributed by atoms with Gasteiger partial charge in [-0.2, -0.15) is 0 Å². The summed E-state index contributed by atoms with van der Waals surface area (Å²) < 4.78 is 0. The molecule has 1 aromatic heterocycles. The van der Waals surface area contributed by atoms with Crippen LogP contribution in [-0.2, 0) is 6.61 Å². The maximum Gasteiger partial charge on any atom is 0.0759 e. The van der Waals surface area contributed by atoms with E-state index in [-0.39, 0.29) is 6.61 Å². The van der Waals surface area contributed by atoms with Gasteiger partial charge in [0, 0.05) is 17.3 Å². The third-order valence-corrected chi connectivity index (χ3v) is 4.32. The highest BCUT2D eigenvalue weighted by Gasteiger charge is 2.20. The van der Waals surface area contributed by atoms with E-state index in [1.807, 2.05) is 18.3 Å². The Morgan fingerprint density at radius 3 is 2.60 bits per heavy atom. The smallest absolute Gasteiger partial charge is 0.0759 e. The average molecular weight is 267 g/mol. The molecule has 1 fully saturated rings. The molecule has 0 unspecified atom stereocenters. The Hall–Kier alpha value is -1.67. The van der Waals surface area contributed by atoms with E-state index in [9.17, 15) is 5.11 Å². The van der Waals surface area contributed by atoms with Crippen molar-refractivity contribution in [1.82, 2.24) is 4.98 Å². The lowest BCUT2D eigenvalue weighted by Crippen LogP contribution is -2.07. The van der Waals surface area contributed by atoms with E-state index in [0.29, 0.717) is 5.92 Å². The molecule has 3 rings (SSSR count). The van der Waals surface area contributed by atoms with Crippen LogP contribution in [0.25, 0.3) is 11.3 Å². The van der Waals surface area contributed by atoms with E-state index < -0.39 is 0 Å². The zero-order valence-electron chi connectivity index (χ0n) is 11.8. The largest absolute Gasteiger partial charge is 0.392 e. The molecule has 0 atom stereocenters. The normalized spacial score (nSPS) is 16.2. The van der Waals surface area contributed by atoms with E-state index in [1.54, 1.807) is 0 Å². The third kappa shape index (κ3) is 2.61. The van der Waals surface area contributed by atoms with Gasteiger partial charge in [0.2, 0.25) is 0 Å². The lowest BCUT2D eigenvalue weighted by Gasteiger charge is -2.24. The predicted molar refractivity (Wildman–Crippen MR) is 81.4 cm³/mol. The fraction of sp³-hybridized carbons (Fsp3) is 0.389. The first kappa shape index (κ1) is 13.3. The van der Waals surface area contributed by atoms with E-state index in [4.69, 9.17) is 0 Å². The lowest BCUT2D eigenvalue weighted by atomic mass is 9.81. The summed E-state index contributed by atoms with van der Waals surface area (Å²) in [5, 5.41) is 9.54. The molecule has 2 aromatic rings. The summed E-state index contributed by atoms with van der Waals surface area (Å²) >= 11 is 0. The van der Waals surface area contributed by atoms with Gasteiger partial charge in [0.1, 0.15) is 0 Å². The van der Waals surface area contributed by atoms with Crippen molar-refractivity contribution in [3.8, 4) is 11.3 Å². The van der Waals surface area contributed by atoms with Gasteiger partial charge in [-0.3, -0.25) is 4.98 Å². The average Bonchev–Trinajstić information content (AvgIpc) is 2.55. The zero-order valence-corrected chi connectivity index (χ0v) is 11.8. The number of hydrogen-bond acceptors (Lipinski definition) is 2. The molecule has 0 radical (unpaired) electrons. The van der Waals surface area contributed by atoms with Crippen LogP contribution < -0.4 is 0 Å². The molecule has 0 saturated heterocycles. The maximum absolute atomic E-state index is 9.54. The number of aromatic nitrogens is 1. The second kappa shape index (κ2) is 6.19. The number of aliphatic hydroxyl groups is 1. The van der Waals surface area contributed by atoms with Gasteiger partial charge in [0.15, 0.2) is 0 Å². The minimum Gasteiger partial charge on any atom is -0.392 e. The number of pyridine rings is 1. The number of hydrogen-bond donors (Lipinski definition) is 1. The van der Waals surface area contributed by atoms with E-state index in [0.717, 1.165) is 11.3 Å². The van der Waals surface area contributed by atoms with Crippen molar-refractivity contribution in [2.45, 2.75) is 44.6 Å². The van der Waals surface area contributed by atoms with Crippen LogP contribution in [0.2, 0.25) is 0 Å². The fourth-order valence-corrected chi connectivity index (χ4v) is 3.29. The summed E-state index contributed by atoms with van der Waals surface area (Å²) in [4.78, 5) is 4.52. The Balaban J connectivity index is 2.05. The number of aliphatic hydroxyl groups excluding tert-OH is 1. The van der Waals surface area contributed by atoms with E-state index in [1.165, 1.54) is 43.2 Å². The minimum absolute atomic E-state index is 0.0438. The molecule has 0 amide bonds. The van der Waals surface area contributed by atoms with Crippen LogP contribution in [0.5, 0.6) is 0 Å². The summed E-state index contributed by atoms with van der Waals surface area (Å²) in [6, 6.07) is 12.4. The highest BCUT2D eigenvalue weighted by Crippen LogP contribution is 2.38. The molecule has 1 aliphatic carbocycles. The zero-order chi connectivity index (χ0) is 13.8.